The van der Waals surface area contributed by atoms with Crippen LogP contribution in [0.3, 0.4) is 0 Å². The molecule has 0 aliphatic heterocycles. The smallest absolute Gasteiger partial charge is 0.0445 e. The van der Waals surface area contributed by atoms with Crippen molar-refractivity contribution < 1.29 is 154 Å². The van der Waals surface area contributed by atoms with E-state index < -0.39 is 11.6 Å². The van der Waals surface area contributed by atoms with Gasteiger partial charge in [-0.1, -0.05) is 246 Å². The Morgan fingerprint density at radius 3 is 1.10 bits per heavy atom. The van der Waals surface area contributed by atoms with Crippen molar-refractivity contribution in [1.29, 1.82) is 0 Å². The van der Waals surface area contributed by atoms with Gasteiger partial charge in [0.05, 0.1) is 0 Å². The fourth-order valence-electron chi connectivity index (χ4n) is 15.1. The molecular weight excluding hydrogens is 2430 g/mol. The number of hydrogen-bond acceptors (Lipinski definition) is 6. The van der Waals surface area contributed by atoms with Gasteiger partial charge in [-0.05, 0) is 79.5 Å². The molecule has 6 heterocycles. The molecule has 14 heteroatoms. The van der Waals surface area contributed by atoms with Crippen LogP contribution in [0.4, 0.5) is 8.78 Å². The van der Waals surface area contributed by atoms with Gasteiger partial charge in [-0.15, -0.1) is 194 Å². The zero-order valence-electron chi connectivity index (χ0n) is 65.0. The first-order valence-electron chi connectivity index (χ1n) is 36.5. The van der Waals surface area contributed by atoms with Crippen molar-refractivity contribution in [3.8, 4) is 66.8 Å². The first-order chi connectivity index (χ1) is 53.0. The Kier molecular flexibility index (Phi) is 31.8. The van der Waals surface area contributed by atoms with Gasteiger partial charge in [0.2, 0.25) is 0 Å². The molecule has 0 saturated heterocycles. The number of aromatic nitrogens is 6. The Hall–Kier alpha value is -8.18. The van der Waals surface area contributed by atoms with Gasteiger partial charge in [0.15, 0.2) is 0 Å². The molecule has 20 rings (SSSR count). The van der Waals surface area contributed by atoms with E-state index in [9.17, 15) is 8.78 Å². The Morgan fingerprint density at radius 2 is 0.687 bits per heavy atom. The van der Waals surface area contributed by atoms with Crippen LogP contribution in [0.1, 0.15) is 77.8 Å². The number of pyridine rings is 6. The zero-order chi connectivity index (χ0) is 75.3. The molecule has 18 aromatic rings. The minimum absolute atomic E-state index is 0. The van der Waals surface area contributed by atoms with Crippen LogP contribution in [0, 0.1) is 82.7 Å². The van der Waals surface area contributed by atoms with E-state index in [1.807, 2.05) is 110 Å². The van der Waals surface area contributed by atoms with E-state index in [0.29, 0.717) is 16.6 Å². The van der Waals surface area contributed by atoms with Gasteiger partial charge in [0.1, 0.15) is 0 Å². The van der Waals surface area contributed by atoms with E-state index in [2.05, 4.69) is 292 Å². The predicted molar refractivity (Wildman–Crippen MR) is 444 cm³/mol. The monoisotopic (exact) mass is 2510 g/mol. The van der Waals surface area contributed by atoms with Crippen molar-refractivity contribution in [2.75, 3.05) is 0 Å². The molecule has 0 atom stereocenters. The molecule has 0 N–H and O–H groups in total. The zero-order valence-corrected chi connectivity index (χ0v) is 84.5. The number of aryl methyl sites for hydroxylation is 5. The molecule has 115 heavy (non-hydrogen) atoms. The van der Waals surface area contributed by atoms with Crippen LogP contribution in [0.5, 0.6) is 0 Å². The molecule has 0 bridgehead atoms. The normalized spacial score (nSPS) is 11.7. The van der Waals surface area contributed by atoms with Gasteiger partial charge in [-0.2, -0.15) is 0 Å². The number of para-hydroxylation sites is 4. The molecule has 6 aromatic heterocycles. The second-order valence-corrected chi connectivity index (χ2v) is 28.6. The predicted octanol–water partition coefficient (Wildman–Crippen LogP) is 25.3. The summed E-state index contributed by atoms with van der Waals surface area (Å²) in [6, 6.07) is 106. The van der Waals surface area contributed by atoms with E-state index >= 15 is 0 Å². The quantitative estimate of drug-likeness (QED) is 0.129. The molecule has 0 spiro atoms. The van der Waals surface area contributed by atoms with Gasteiger partial charge in [0.25, 0.3) is 0 Å². The second kappa shape index (κ2) is 40.3. The van der Waals surface area contributed by atoms with Gasteiger partial charge in [-0.25, -0.2) is 8.78 Å². The topological polar surface area (TPSA) is 77.3 Å². The van der Waals surface area contributed by atoms with Crippen LogP contribution in [-0.2, 0) is 156 Å². The molecule has 12 aromatic carbocycles. The molecule has 0 radical (unpaired) electrons. The summed E-state index contributed by atoms with van der Waals surface area (Å²) in [5.74, 6) is -1.33. The number of rotatable bonds is 4. The van der Waals surface area contributed by atoms with Gasteiger partial charge < -0.3 is 0 Å². The summed E-state index contributed by atoms with van der Waals surface area (Å²) >= 11 is 0. The van der Waals surface area contributed by atoms with E-state index in [1.54, 1.807) is 12.3 Å². The number of nitrogens with zero attached hydrogens (tertiary/aromatic N) is 6. The van der Waals surface area contributed by atoms with Crippen molar-refractivity contribution in [1.82, 2.24) is 29.9 Å². The summed E-state index contributed by atoms with van der Waals surface area (Å²) in [6.07, 6.45) is 10.9. The summed E-state index contributed by atoms with van der Waals surface area (Å²) in [6.45, 7) is 19.6. The Bertz CT molecular complexity index is 6130. The Balaban J connectivity index is 0.000000156. The van der Waals surface area contributed by atoms with Crippen molar-refractivity contribution >= 4 is 65.4 Å². The molecular formula is C101H76F2Hf4N6PtW-6. The van der Waals surface area contributed by atoms with Crippen molar-refractivity contribution in [3.05, 3.63) is 396 Å². The molecule has 0 saturated carbocycles. The van der Waals surface area contributed by atoms with E-state index in [4.69, 9.17) is 0 Å². The summed E-state index contributed by atoms with van der Waals surface area (Å²) < 4.78 is 26.4. The molecule has 0 fully saturated rings. The fraction of sp³-hybridized carbons (Fsp3) is 0.109. The first kappa shape index (κ1) is 90.7. The summed E-state index contributed by atoms with van der Waals surface area (Å²) in [4.78, 5) is 26.9. The molecule has 0 unspecified atom stereocenters. The SMILES string of the molecule is CC1(C)c2ccc[c-]c2-c2c1ccc1cccnc21.CC1(C)c2ccc[c-]c2-c2c1ccc1cccnc21.Cc1[c-]c(-c2cccc3cccnc23)cc(C)c1.Cc1c[c-]c(-c2cccc3cccnc23)c(C)c1.Cc1c[c-]c(-c2cccc3cccnc23)cc1.Fc1[c-]c(-c2cccc3cccnc23)cc(F)c1.[Hf].[Hf].[Hf].[Hf].[Pt].[W]. The maximum atomic E-state index is 13.2. The van der Waals surface area contributed by atoms with Crippen LogP contribution in [0.2, 0.25) is 0 Å². The number of fused-ring (bicyclic) bond motifs is 14. The first-order valence-corrected chi connectivity index (χ1v) is 36.5. The number of benzene rings is 12. The van der Waals surface area contributed by atoms with E-state index in [-0.39, 0.29) is 156 Å². The van der Waals surface area contributed by atoms with Crippen LogP contribution < -0.4 is 0 Å². The molecule has 6 nitrogen and oxygen atoms in total. The third kappa shape index (κ3) is 19.7. The van der Waals surface area contributed by atoms with E-state index in [0.717, 1.165) is 78.0 Å². The Labute approximate surface area is 776 Å². The maximum Gasteiger partial charge on any atom is 0.0445 e. The van der Waals surface area contributed by atoms with Crippen LogP contribution in [0.25, 0.3) is 132 Å². The minimum atomic E-state index is -0.710. The van der Waals surface area contributed by atoms with Gasteiger partial charge in [0, 0.05) is 227 Å². The third-order valence-electron chi connectivity index (χ3n) is 20.3. The summed E-state index contributed by atoms with van der Waals surface area (Å²) in [5, 5.41) is 6.82. The van der Waals surface area contributed by atoms with Crippen molar-refractivity contribution in [2.45, 2.75) is 73.1 Å². The molecule has 562 valence electrons. The van der Waals surface area contributed by atoms with Crippen molar-refractivity contribution in [2.24, 2.45) is 0 Å². The largest absolute Gasteiger partial charge is 0.266 e. The average molecular weight is 2500 g/mol. The second-order valence-electron chi connectivity index (χ2n) is 28.6. The minimum Gasteiger partial charge on any atom is -0.266 e. The van der Waals surface area contributed by atoms with Crippen LogP contribution in [-0.4, -0.2) is 29.9 Å². The van der Waals surface area contributed by atoms with E-state index in [1.165, 1.54) is 99.8 Å². The van der Waals surface area contributed by atoms with Crippen LogP contribution >= 0.6 is 0 Å². The van der Waals surface area contributed by atoms with Crippen molar-refractivity contribution in [3.63, 3.8) is 0 Å². The molecule has 0 amide bonds. The molecule has 2 aliphatic rings. The third-order valence-corrected chi connectivity index (χ3v) is 20.3. The van der Waals surface area contributed by atoms with Crippen LogP contribution in [0.15, 0.2) is 298 Å². The number of halogens is 2. The standard InChI is InChI=1S/2C18H14N.2C17H14N.C16H12N.C15H8F2N.4Hf.Pt.W/c2*1-18(2)14-8-4-3-7-13(14)16-15(18)10-9-12-6-5-11-19-17(12)16;1-12-8-9-15(13(2)11-12)16-7-3-5-14-6-4-10-18-17(14)16;1-12-9-13(2)11-15(10-12)16-7-3-5-14-6-4-8-18-17(14)16;1-12-7-9-13(10-8-12)15-6-2-4-14-5-3-11-17-16(14)15;16-12-7-11(8-13(17)9-12)14-5-1-3-10-4-2-6-18-15(10)14;;;;;;/h2*3-6,8-11H,1-2H3;3-8,10-11H,1-2H3;3-10H,1-2H3;2-9,11H,1H3;1-7,9H;;;;;;/q6*-1;;;;;;. The summed E-state index contributed by atoms with van der Waals surface area (Å²) in [7, 11) is 0. The average Bonchev–Trinajstić information content (AvgIpc) is 1.57. The maximum absolute atomic E-state index is 13.2. The number of hydrogen-bond donors (Lipinski definition) is 0. The van der Waals surface area contributed by atoms with Gasteiger partial charge >= 0.3 is 0 Å². The van der Waals surface area contributed by atoms with Gasteiger partial charge in [-0.3, -0.25) is 29.9 Å². The Morgan fingerprint density at radius 1 is 0.304 bits per heavy atom. The molecule has 2 aliphatic carbocycles. The summed E-state index contributed by atoms with van der Waals surface area (Å²) in [5.41, 5.74) is 30.5. The fourth-order valence-corrected chi connectivity index (χ4v) is 15.1.